The predicted molar refractivity (Wildman–Crippen MR) is 107 cm³/mol. The molecule has 1 aromatic carbocycles. The van der Waals surface area contributed by atoms with Gasteiger partial charge < -0.3 is 17.6 Å². The molecule has 2 aromatic rings. The molecule has 0 radical (unpaired) electrons. The van der Waals surface area contributed by atoms with E-state index in [9.17, 15) is 0 Å². The van der Waals surface area contributed by atoms with Crippen LogP contribution < -0.4 is 0 Å². The quantitative estimate of drug-likeness (QED) is 0.464. The number of nitrogens with zero attached hydrogens (tertiary/aromatic N) is 2. The van der Waals surface area contributed by atoms with Crippen LogP contribution in [0.5, 0.6) is 0 Å². The summed E-state index contributed by atoms with van der Waals surface area (Å²) in [6.07, 6.45) is 1.83. The zero-order valence-electron chi connectivity index (χ0n) is 13.4. The van der Waals surface area contributed by atoms with Crippen LogP contribution in [0.25, 0.3) is 6.08 Å². The maximum absolute atomic E-state index is 15.5. The molecule has 128 valence electrons. The van der Waals surface area contributed by atoms with Gasteiger partial charge in [0.2, 0.25) is 0 Å². The lowest BCUT2D eigenvalue weighted by molar-refractivity contribution is -0.363. The van der Waals surface area contributed by atoms with Gasteiger partial charge in [0, 0.05) is 33.6 Å². The third-order valence-corrected chi connectivity index (χ3v) is 7.64. The number of allylic oxidation sites excluding steroid dienone is 2. The molecule has 0 unspecified atom stereocenters. The minimum atomic E-state index is -3.98. The zero-order chi connectivity index (χ0) is 17.9. The Morgan fingerprint density at radius 3 is 2.48 bits per heavy atom. The van der Waals surface area contributed by atoms with Gasteiger partial charge in [-0.2, -0.15) is 0 Å². The highest BCUT2D eigenvalue weighted by Gasteiger charge is 2.54. The van der Waals surface area contributed by atoms with Gasteiger partial charge in [-0.1, -0.05) is 30.0 Å². The van der Waals surface area contributed by atoms with Gasteiger partial charge in [0.05, 0.1) is 9.51 Å². The molecule has 0 saturated heterocycles. The lowest BCUT2D eigenvalue weighted by atomic mass is 9.90. The van der Waals surface area contributed by atoms with E-state index < -0.39 is 6.97 Å². The Bertz CT molecular complexity index is 994. The summed E-state index contributed by atoms with van der Waals surface area (Å²) < 4.78 is 34.8. The molecule has 2 nitrogen and oxygen atoms in total. The van der Waals surface area contributed by atoms with E-state index in [2.05, 4.69) is 31.9 Å². The van der Waals surface area contributed by atoms with Crippen molar-refractivity contribution in [3.63, 3.8) is 0 Å². The first-order valence-corrected chi connectivity index (χ1v) is 10.1. The van der Waals surface area contributed by atoms with Crippen molar-refractivity contribution in [2.75, 3.05) is 0 Å². The first-order chi connectivity index (χ1) is 11.8. The molecule has 0 spiro atoms. The molecule has 0 amide bonds. The van der Waals surface area contributed by atoms with Gasteiger partial charge in [0.25, 0.3) is 0 Å². The maximum Gasteiger partial charge on any atom is 0.738 e. The van der Waals surface area contributed by atoms with Crippen molar-refractivity contribution < 1.29 is 13.1 Å². The van der Waals surface area contributed by atoms with Gasteiger partial charge in [0.1, 0.15) is 5.71 Å². The van der Waals surface area contributed by atoms with E-state index in [1.165, 1.54) is 11.8 Å². The fraction of sp³-hybridized carbons (Fsp3) is 0.118. The molecule has 0 saturated carbocycles. The largest absolute Gasteiger partial charge is 0.738 e. The van der Waals surface area contributed by atoms with Crippen molar-refractivity contribution in [1.29, 1.82) is 0 Å². The summed E-state index contributed by atoms with van der Waals surface area (Å²) in [5, 5.41) is 0.509. The SMILES string of the molecule is CC1=C(Br)C(C)=[N+]2C1=Cc1cc(Br)c(Sc3ccccc3)n1[B-]2(F)F. The first-order valence-electron chi connectivity index (χ1n) is 7.70. The van der Waals surface area contributed by atoms with Gasteiger partial charge in [-0.25, -0.2) is 0 Å². The average molecular weight is 486 g/mol. The molecule has 0 aliphatic carbocycles. The predicted octanol–water partition coefficient (Wildman–Crippen LogP) is 6.13. The molecule has 0 bridgehead atoms. The summed E-state index contributed by atoms with van der Waals surface area (Å²) in [5.41, 5.74) is 2.44. The second kappa shape index (κ2) is 5.96. The Morgan fingerprint density at radius 1 is 1.12 bits per heavy atom. The second-order valence-corrected chi connectivity index (χ2v) is 8.73. The Labute approximate surface area is 165 Å². The third-order valence-electron chi connectivity index (χ3n) is 4.49. The fourth-order valence-corrected chi connectivity index (χ4v) is 5.37. The molecule has 0 fully saturated rings. The van der Waals surface area contributed by atoms with Gasteiger partial charge >= 0.3 is 6.97 Å². The lowest BCUT2D eigenvalue weighted by Gasteiger charge is -2.30. The van der Waals surface area contributed by atoms with E-state index in [0.29, 0.717) is 26.6 Å². The highest BCUT2D eigenvalue weighted by molar-refractivity contribution is 9.12. The third kappa shape index (κ3) is 2.52. The molecule has 2 aliphatic heterocycles. The Balaban J connectivity index is 1.92. The van der Waals surface area contributed by atoms with Crippen molar-refractivity contribution in [3.05, 3.63) is 62.3 Å². The van der Waals surface area contributed by atoms with Crippen molar-refractivity contribution >= 4 is 62.4 Å². The number of fused-ring (bicyclic) bond motifs is 2. The van der Waals surface area contributed by atoms with Gasteiger partial charge in [-0.3, -0.25) is 0 Å². The molecule has 2 aliphatic rings. The van der Waals surface area contributed by atoms with Crippen LogP contribution in [-0.2, 0) is 0 Å². The highest BCUT2D eigenvalue weighted by atomic mass is 79.9. The molecule has 4 rings (SSSR count). The number of rotatable bonds is 2. The first kappa shape index (κ1) is 17.3. The van der Waals surface area contributed by atoms with Crippen molar-refractivity contribution in [2.45, 2.75) is 23.8 Å². The summed E-state index contributed by atoms with van der Waals surface area (Å²) in [7, 11) is 0. The molecule has 25 heavy (non-hydrogen) atoms. The van der Waals surface area contributed by atoms with Crippen LogP contribution in [0.4, 0.5) is 8.63 Å². The summed E-state index contributed by atoms with van der Waals surface area (Å²) in [5.74, 6) is 0. The second-order valence-electron chi connectivity index (χ2n) is 6.02. The summed E-state index contributed by atoms with van der Waals surface area (Å²) in [6, 6.07) is 11.3. The minimum absolute atomic E-state index is 0.509. The average Bonchev–Trinajstić information content (AvgIpc) is 3.00. The van der Waals surface area contributed by atoms with E-state index in [1.54, 1.807) is 13.0 Å². The van der Waals surface area contributed by atoms with E-state index in [-0.39, 0.29) is 0 Å². The van der Waals surface area contributed by atoms with Gasteiger partial charge in [-0.15, -0.1) is 0 Å². The van der Waals surface area contributed by atoms with Crippen LogP contribution in [0.2, 0.25) is 0 Å². The topological polar surface area (TPSA) is 7.94 Å². The molecule has 0 atom stereocenters. The highest BCUT2D eigenvalue weighted by Crippen LogP contribution is 2.44. The van der Waals surface area contributed by atoms with E-state index >= 15 is 8.63 Å². The molecule has 8 heteroatoms. The van der Waals surface area contributed by atoms with Crippen LogP contribution >= 0.6 is 43.6 Å². The van der Waals surface area contributed by atoms with Crippen molar-refractivity contribution in [1.82, 2.24) is 4.48 Å². The normalized spacial score (nSPS) is 18.4. The van der Waals surface area contributed by atoms with Crippen LogP contribution in [-0.4, -0.2) is 21.6 Å². The number of halogens is 4. The summed E-state index contributed by atoms with van der Waals surface area (Å²) in [6.45, 7) is -0.400. The van der Waals surface area contributed by atoms with Crippen molar-refractivity contribution in [3.8, 4) is 0 Å². The van der Waals surface area contributed by atoms with Gasteiger partial charge in [-0.05, 0) is 57.0 Å². The molecular weight excluding hydrogens is 473 g/mol. The number of hydrogen-bond donors (Lipinski definition) is 0. The Hall–Kier alpha value is -1.12. The summed E-state index contributed by atoms with van der Waals surface area (Å²) in [4.78, 5) is 0.920. The lowest BCUT2D eigenvalue weighted by Crippen LogP contribution is -2.50. The van der Waals surface area contributed by atoms with E-state index in [0.717, 1.165) is 23.9 Å². The van der Waals surface area contributed by atoms with E-state index in [1.807, 2.05) is 43.3 Å². The zero-order valence-corrected chi connectivity index (χ0v) is 17.4. The van der Waals surface area contributed by atoms with Crippen LogP contribution in [0.15, 0.2) is 66.5 Å². The molecule has 3 heterocycles. The Kier molecular flexibility index (Phi) is 4.13. The smallest absolute Gasteiger partial charge is 0.389 e. The minimum Gasteiger partial charge on any atom is -0.389 e. The van der Waals surface area contributed by atoms with Gasteiger partial charge in [0.15, 0.2) is 5.70 Å². The Morgan fingerprint density at radius 2 is 1.80 bits per heavy atom. The summed E-state index contributed by atoms with van der Waals surface area (Å²) >= 11 is 8.25. The standard InChI is InChI=1S/C17H13BBr2F2N2S/c1-10-15-9-12-8-14(19)17(25-13-6-4-3-5-7-13)24(12)18(21,22)23(15)11(2)16(10)20/h3-9H,1-2H3. The molecular formula is C17H13BBr2F2N2S. The fourth-order valence-electron chi connectivity index (χ4n) is 3.31. The maximum atomic E-state index is 15.5. The number of benzene rings is 1. The molecule has 1 aromatic heterocycles. The molecule has 0 N–H and O–H groups in total. The van der Waals surface area contributed by atoms with E-state index in [4.69, 9.17) is 0 Å². The number of hydrogen-bond acceptors (Lipinski definition) is 1. The van der Waals surface area contributed by atoms with Crippen LogP contribution in [0, 0.1) is 0 Å². The monoisotopic (exact) mass is 484 g/mol. The number of aromatic nitrogens is 1. The van der Waals surface area contributed by atoms with Crippen LogP contribution in [0.3, 0.4) is 0 Å². The van der Waals surface area contributed by atoms with Crippen molar-refractivity contribution in [2.24, 2.45) is 0 Å². The van der Waals surface area contributed by atoms with Crippen LogP contribution in [0.1, 0.15) is 19.5 Å².